The summed E-state index contributed by atoms with van der Waals surface area (Å²) in [4.78, 5) is 1.41. The van der Waals surface area contributed by atoms with Crippen LogP contribution in [0.4, 0.5) is 10.1 Å². The van der Waals surface area contributed by atoms with E-state index < -0.39 is 21.9 Å². The summed E-state index contributed by atoms with van der Waals surface area (Å²) >= 11 is 5.37. The highest BCUT2D eigenvalue weighted by Crippen LogP contribution is 2.28. The normalized spacial score (nSPS) is 11.4. The minimum atomic E-state index is -4.50. The zero-order valence-electron chi connectivity index (χ0n) is 7.03. The van der Waals surface area contributed by atoms with Crippen molar-refractivity contribution in [2.75, 3.05) is 5.43 Å². The summed E-state index contributed by atoms with van der Waals surface area (Å²) in [6, 6.07) is 1.64. The van der Waals surface area contributed by atoms with Crippen molar-refractivity contribution in [2.45, 2.75) is 0 Å². The Hall–Kier alpha value is -1.09. The van der Waals surface area contributed by atoms with Gasteiger partial charge in [0.25, 0.3) is 0 Å². The van der Waals surface area contributed by atoms with E-state index in [0.29, 0.717) is 0 Å². The number of hydrazine groups is 1. The van der Waals surface area contributed by atoms with Crippen LogP contribution in [0, 0.1) is 5.82 Å². The summed E-state index contributed by atoms with van der Waals surface area (Å²) < 4.78 is 41.8. The molecule has 0 bridgehead atoms. The molecule has 0 amide bonds. The van der Waals surface area contributed by atoms with Gasteiger partial charge >= 0.3 is 10.3 Å². The van der Waals surface area contributed by atoms with E-state index in [1.54, 1.807) is 0 Å². The van der Waals surface area contributed by atoms with Crippen LogP contribution in [0.5, 0.6) is 5.75 Å². The van der Waals surface area contributed by atoms with Gasteiger partial charge in [-0.05, 0) is 6.07 Å². The summed E-state index contributed by atoms with van der Waals surface area (Å²) in [5.74, 6) is -1.33. The predicted octanol–water partition coefficient (Wildman–Crippen LogP) is 0.904. The van der Waals surface area contributed by atoms with Gasteiger partial charge in [0.1, 0.15) is 11.6 Å². The maximum Gasteiger partial charge on any atom is 0.350 e. The van der Waals surface area contributed by atoms with Gasteiger partial charge in [-0.1, -0.05) is 11.6 Å². The van der Waals surface area contributed by atoms with Crippen molar-refractivity contribution in [2.24, 2.45) is 0 Å². The molecule has 6 nitrogen and oxygen atoms in total. The molecule has 4 N–H and O–H groups in total. The van der Waals surface area contributed by atoms with E-state index in [2.05, 4.69) is 0 Å². The highest BCUT2D eigenvalue weighted by atomic mass is 35.5. The molecule has 0 aliphatic heterocycles. The molecular formula is C6H6ClFN2O4S. The second-order valence-corrected chi connectivity index (χ2v) is 4.05. The van der Waals surface area contributed by atoms with E-state index in [1.165, 1.54) is 4.83 Å². The Bertz CT molecular complexity index is 478. The third-order valence-corrected chi connectivity index (χ3v) is 2.01. The van der Waals surface area contributed by atoms with Crippen LogP contribution < -0.4 is 10.3 Å². The standard InChI is InChI=1S/C6H6ClFN2O4S/c7-3-1-4(8)5(2-6(3)11)9-10-15(12,13)14/h1-2,9-11H,(H,12,13,14). The lowest BCUT2D eigenvalue weighted by molar-refractivity contribution is 0.469. The Labute approximate surface area is 89.5 Å². The van der Waals surface area contributed by atoms with E-state index in [1.807, 2.05) is 5.43 Å². The highest BCUT2D eigenvalue weighted by Gasteiger charge is 2.09. The minimum absolute atomic E-state index is 0.218. The van der Waals surface area contributed by atoms with Gasteiger partial charge < -0.3 is 10.5 Å². The van der Waals surface area contributed by atoms with Gasteiger partial charge in [-0.15, -0.1) is 4.83 Å². The molecule has 1 aromatic rings. The first-order chi connectivity index (χ1) is 6.79. The fourth-order valence-corrected chi connectivity index (χ4v) is 1.14. The SMILES string of the molecule is O=S(=O)(O)NNc1cc(O)c(Cl)cc1F. The maximum absolute atomic E-state index is 13.0. The first kappa shape index (κ1) is 12.0. The molecule has 15 heavy (non-hydrogen) atoms. The van der Waals surface area contributed by atoms with Gasteiger partial charge in [0, 0.05) is 6.07 Å². The van der Waals surface area contributed by atoms with Crippen LogP contribution in [0.2, 0.25) is 5.02 Å². The largest absolute Gasteiger partial charge is 0.506 e. The molecule has 0 saturated heterocycles. The zero-order chi connectivity index (χ0) is 11.6. The van der Waals surface area contributed by atoms with Gasteiger partial charge in [0.2, 0.25) is 0 Å². The van der Waals surface area contributed by atoms with Gasteiger partial charge in [-0.2, -0.15) is 8.42 Å². The van der Waals surface area contributed by atoms with Gasteiger partial charge in [-0.3, -0.25) is 4.55 Å². The first-order valence-electron chi connectivity index (χ1n) is 3.48. The first-order valence-corrected chi connectivity index (χ1v) is 5.29. The zero-order valence-corrected chi connectivity index (χ0v) is 8.60. The van der Waals surface area contributed by atoms with Crippen molar-refractivity contribution in [1.29, 1.82) is 0 Å². The van der Waals surface area contributed by atoms with Crippen molar-refractivity contribution in [1.82, 2.24) is 4.83 Å². The molecule has 0 saturated carbocycles. The Morgan fingerprint density at radius 2 is 2.00 bits per heavy atom. The lowest BCUT2D eigenvalue weighted by Gasteiger charge is -2.07. The number of halogens is 2. The number of aromatic hydroxyl groups is 1. The van der Waals surface area contributed by atoms with Crippen LogP contribution in [0.25, 0.3) is 0 Å². The van der Waals surface area contributed by atoms with E-state index >= 15 is 0 Å². The third-order valence-electron chi connectivity index (χ3n) is 1.35. The number of hydrogen-bond donors (Lipinski definition) is 4. The van der Waals surface area contributed by atoms with E-state index in [9.17, 15) is 12.8 Å². The summed E-state index contributed by atoms with van der Waals surface area (Å²) in [7, 11) is -4.50. The lowest BCUT2D eigenvalue weighted by atomic mass is 10.3. The summed E-state index contributed by atoms with van der Waals surface area (Å²) in [5, 5.41) is 8.86. The average Bonchev–Trinajstić information content (AvgIpc) is 2.07. The fraction of sp³-hybridized carbons (Fsp3) is 0. The molecule has 1 rings (SSSR count). The summed E-state index contributed by atoms with van der Waals surface area (Å²) in [5.41, 5.74) is 1.46. The Morgan fingerprint density at radius 3 is 2.53 bits per heavy atom. The number of anilines is 1. The molecule has 0 aliphatic carbocycles. The van der Waals surface area contributed by atoms with Crippen molar-refractivity contribution in [3.8, 4) is 5.75 Å². The Kier molecular flexibility index (Phi) is 3.35. The molecule has 0 fully saturated rings. The molecule has 1 aromatic carbocycles. The number of phenols is 1. The number of benzene rings is 1. The van der Waals surface area contributed by atoms with Crippen molar-refractivity contribution in [3.63, 3.8) is 0 Å². The second-order valence-electron chi connectivity index (χ2n) is 2.49. The summed E-state index contributed by atoms with van der Waals surface area (Å²) in [6.07, 6.45) is 0. The highest BCUT2D eigenvalue weighted by molar-refractivity contribution is 7.83. The average molecular weight is 257 g/mol. The molecular weight excluding hydrogens is 251 g/mol. The monoisotopic (exact) mass is 256 g/mol. The van der Waals surface area contributed by atoms with E-state index in [4.69, 9.17) is 21.3 Å². The van der Waals surface area contributed by atoms with Crippen molar-refractivity contribution in [3.05, 3.63) is 23.0 Å². The topological polar surface area (TPSA) is 98.7 Å². The van der Waals surface area contributed by atoms with Crippen LogP contribution in [-0.4, -0.2) is 18.1 Å². The number of phenolic OH excluding ortho intramolecular Hbond substituents is 1. The van der Waals surface area contributed by atoms with Crippen LogP contribution in [0.3, 0.4) is 0 Å². The maximum atomic E-state index is 13.0. The molecule has 0 atom stereocenters. The fourth-order valence-electron chi connectivity index (χ4n) is 0.753. The van der Waals surface area contributed by atoms with E-state index in [0.717, 1.165) is 12.1 Å². The minimum Gasteiger partial charge on any atom is -0.506 e. The second kappa shape index (κ2) is 4.19. The molecule has 0 spiro atoms. The molecule has 0 radical (unpaired) electrons. The third kappa shape index (κ3) is 3.51. The molecule has 0 aliphatic rings. The van der Waals surface area contributed by atoms with Crippen LogP contribution in [0.1, 0.15) is 0 Å². The predicted molar refractivity (Wildman–Crippen MR) is 51.4 cm³/mol. The quantitative estimate of drug-likeness (QED) is 0.476. The van der Waals surface area contributed by atoms with Crippen LogP contribution >= 0.6 is 11.6 Å². The van der Waals surface area contributed by atoms with E-state index in [-0.39, 0.29) is 10.7 Å². The Balaban J connectivity index is 2.91. The molecule has 0 heterocycles. The smallest absolute Gasteiger partial charge is 0.350 e. The Morgan fingerprint density at radius 1 is 1.40 bits per heavy atom. The molecule has 0 unspecified atom stereocenters. The molecule has 0 aromatic heterocycles. The van der Waals surface area contributed by atoms with Crippen molar-refractivity contribution >= 4 is 27.6 Å². The van der Waals surface area contributed by atoms with Gasteiger partial charge in [-0.25, -0.2) is 4.39 Å². The molecule has 84 valence electrons. The number of nitrogens with one attached hydrogen (secondary N) is 2. The van der Waals surface area contributed by atoms with Crippen molar-refractivity contribution < 1.29 is 22.5 Å². The molecule has 9 heteroatoms. The van der Waals surface area contributed by atoms with Crippen LogP contribution in [-0.2, 0) is 10.3 Å². The number of hydrogen-bond acceptors (Lipinski definition) is 4. The van der Waals surface area contributed by atoms with Crippen LogP contribution in [0.15, 0.2) is 12.1 Å². The summed E-state index contributed by atoms with van der Waals surface area (Å²) in [6.45, 7) is 0. The lowest BCUT2D eigenvalue weighted by Crippen LogP contribution is -2.29. The number of rotatable bonds is 3. The van der Waals surface area contributed by atoms with Gasteiger partial charge in [0.05, 0.1) is 10.7 Å². The van der Waals surface area contributed by atoms with Gasteiger partial charge in [0.15, 0.2) is 0 Å².